The van der Waals surface area contributed by atoms with Gasteiger partial charge in [0, 0.05) is 79.2 Å². The van der Waals surface area contributed by atoms with Crippen molar-refractivity contribution >= 4 is 107 Å². The van der Waals surface area contributed by atoms with Gasteiger partial charge >= 0.3 is 0 Å². The summed E-state index contributed by atoms with van der Waals surface area (Å²) in [5.41, 5.74) is 7.38. The van der Waals surface area contributed by atoms with E-state index in [9.17, 15) is 0 Å². The third-order valence-electron chi connectivity index (χ3n) is 11.6. The van der Waals surface area contributed by atoms with E-state index in [1.807, 2.05) is 34.9 Å². The van der Waals surface area contributed by atoms with Gasteiger partial charge in [0.2, 0.25) is 0 Å². The van der Waals surface area contributed by atoms with Crippen LogP contribution in [0.4, 0.5) is 0 Å². The number of aromatic nitrogens is 5. The molecule has 270 valence electrons. The number of para-hydroxylation sites is 2. The van der Waals surface area contributed by atoms with Crippen LogP contribution in [0.3, 0.4) is 0 Å². The molecule has 0 aliphatic carbocycles. The van der Waals surface area contributed by atoms with Gasteiger partial charge in [-0.3, -0.25) is 9.13 Å². The van der Waals surface area contributed by atoms with Gasteiger partial charge in [-0.2, -0.15) is 0 Å². The molecule has 0 fully saturated rings. The molecule has 0 aliphatic rings. The van der Waals surface area contributed by atoms with Crippen LogP contribution in [0.5, 0.6) is 0 Å². The van der Waals surface area contributed by atoms with E-state index in [2.05, 4.69) is 173 Å². The zero-order valence-electron chi connectivity index (χ0n) is 30.8. The second-order valence-electron chi connectivity index (χ2n) is 14.8. The lowest BCUT2D eigenvalue weighted by molar-refractivity contribution is 1.04. The Bertz CT molecular complexity index is 3580. The van der Waals surface area contributed by atoms with Gasteiger partial charge in [-0.15, -0.1) is 22.7 Å². The van der Waals surface area contributed by atoms with Crippen molar-refractivity contribution in [3.63, 3.8) is 0 Å². The van der Waals surface area contributed by atoms with Gasteiger partial charge in [0.15, 0.2) is 5.82 Å². The van der Waals surface area contributed by atoms with E-state index in [4.69, 9.17) is 15.0 Å². The lowest BCUT2D eigenvalue weighted by Crippen LogP contribution is -2.03. The summed E-state index contributed by atoms with van der Waals surface area (Å²) in [6, 6.07) is 60.9. The van der Waals surface area contributed by atoms with Gasteiger partial charge in [-0.1, -0.05) is 97.1 Å². The van der Waals surface area contributed by atoms with E-state index in [0.29, 0.717) is 5.82 Å². The Hall–Kier alpha value is -7.19. The molecule has 5 nitrogen and oxygen atoms in total. The van der Waals surface area contributed by atoms with Crippen molar-refractivity contribution in [1.82, 2.24) is 24.1 Å². The molecule has 7 aromatic carbocycles. The van der Waals surface area contributed by atoms with Crippen LogP contribution in [0, 0.1) is 0 Å². The van der Waals surface area contributed by atoms with Gasteiger partial charge in [0.25, 0.3) is 0 Å². The molecule has 0 N–H and O–H groups in total. The summed E-state index contributed by atoms with van der Waals surface area (Å²) in [6.07, 6.45) is 1.89. The third kappa shape index (κ3) is 4.60. The summed E-state index contributed by atoms with van der Waals surface area (Å²) >= 11 is 3.66. The standard InChI is InChI=1S/C51H29N5S2/c1-5-15-41-32(10-1)36-22-23-37-33-11-2-6-16-42(33)56(48-26-27-52-51(54-48)31-21-25-46-39(29-31)35-13-4-8-18-44(35)58-46)50(37)49(36)55(41)47-19-9-14-40(53-47)30-20-24-45-38(28-30)34-12-3-7-17-43(34)57-45/h1-29H. The maximum atomic E-state index is 5.45. The Morgan fingerprint density at radius 2 is 0.879 bits per heavy atom. The number of hydrogen-bond donors (Lipinski definition) is 0. The summed E-state index contributed by atoms with van der Waals surface area (Å²) in [6.45, 7) is 0. The summed E-state index contributed by atoms with van der Waals surface area (Å²) in [4.78, 5) is 15.6. The smallest absolute Gasteiger partial charge is 0.161 e. The first-order valence-corrected chi connectivity index (χ1v) is 21.0. The number of fused-ring (bicyclic) bond motifs is 13. The Kier molecular flexibility index (Phi) is 6.70. The minimum Gasteiger partial charge on any atom is -0.292 e. The first-order chi connectivity index (χ1) is 28.7. The van der Waals surface area contributed by atoms with Crippen LogP contribution >= 0.6 is 22.7 Å². The molecule has 0 spiro atoms. The van der Waals surface area contributed by atoms with Crippen LogP contribution in [-0.2, 0) is 0 Å². The SMILES string of the molecule is c1cc(-c2ccc3sc4ccccc4c3c2)nc(-n2c3ccccc3c3ccc4c5ccccc5n(-c5ccnc(-c6ccc7sc8ccccc8c7c6)n5)c4c32)c1. The lowest BCUT2D eigenvalue weighted by Gasteiger charge is -2.13. The number of benzene rings is 7. The Morgan fingerprint density at radius 3 is 1.52 bits per heavy atom. The number of nitrogens with zero attached hydrogens (tertiary/aromatic N) is 5. The predicted molar refractivity (Wildman–Crippen MR) is 245 cm³/mol. The molecular formula is C51H29N5S2. The van der Waals surface area contributed by atoms with E-state index in [1.54, 1.807) is 0 Å². The number of pyridine rings is 1. The highest BCUT2D eigenvalue weighted by molar-refractivity contribution is 7.26. The lowest BCUT2D eigenvalue weighted by atomic mass is 10.1. The van der Waals surface area contributed by atoms with Crippen molar-refractivity contribution in [3.05, 3.63) is 176 Å². The molecule has 0 atom stereocenters. The summed E-state index contributed by atoms with van der Waals surface area (Å²) in [7, 11) is 0. The topological polar surface area (TPSA) is 48.5 Å². The molecule has 6 heterocycles. The van der Waals surface area contributed by atoms with Crippen molar-refractivity contribution in [2.24, 2.45) is 0 Å². The highest BCUT2D eigenvalue weighted by Crippen LogP contribution is 2.42. The van der Waals surface area contributed by atoms with Crippen molar-refractivity contribution in [2.75, 3.05) is 0 Å². The molecule has 13 rings (SSSR count). The van der Waals surface area contributed by atoms with Crippen LogP contribution in [0.1, 0.15) is 0 Å². The van der Waals surface area contributed by atoms with E-state index in [0.717, 1.165) is 61.3 Å². The van der Waals surface area contributed by atoms with Crippen molar-refractivity contribution in [3.8, 4) is 34.3 Å². The first-order valence-electron chi connectivity index (χ1n) is 19.3. The van der Waals surface area contributed by atoms with Gasteiger partial charge in [-0.05, 0) is 72.8 Å². The van der Waals surface area contributed by atoms with Crippen LogP contribution in [0.15, 0.2) is 176 Å². The maximum absolute atomic E-state index is 5.45. The molecule has 0 saturated heterocycles. The van der Waals surface area contributed by atoms with Crippen molar-refractivity contribution in [1.29, 1.82) is 0 Å². The molecule has 0 unspecified atom stereocenters. The second-order valence-corrected chi connectivity index (χ2v) is 17.0. The molecule has 0 bridgehead atoms. The highest BCUT2D eigenvalue weighted by atomic mass is 32.1. The second kappa shape index (κ2) is 12.2. The first kappa shape index (κ1) is 32.0. The average Bonchev–Trinajstić information content (AvgIpc) is 4.04. The molecule has 6 aromatic heterocycles. The van der Waals surface area contributed by atoms with E-state index < -0.39 is 0 Å². The zero-order chi connectivity index (χ0) is 37.9. The van der Waals surface area contributed by atoms with Crippen molar-refractivity contribution in [2.45, 2.75) is 0 Å². The predicted octanol–water partition coefficient (Wildman–Crippen LogP) is 14.1. The minimum absolute atomic E-state index is 0.693. The highest BCUT2D eigenvalue weighted by Gasteiger charge is 2.23. The molecule has 0 amide bonds. The molecular weight excluding hydrogens is 747 g/mol. The Balaban J connectivity index is 1.06. The van der Waals surface area contributed by atoms with Gasteiger partial charge in [0.05, 0.1) is 27.8 Å². The molecule has 0 aliphatic heterocycles. The number of rotatable bonds is 4. The fourth-order valence-corrected chi connectivity index (χ4v) is 11.2. The molecule has 58 heavy (non-hydrogen) atoms. The molecule has 0 radical (unpaired) electrons. The Morgan fingerprint density at radius 1 is 0.362 bits per heavy atom. The fourth-order valence-electron chi connectivity index (χ4n) is 9.05. The van der Waals surface area contributed by atoms with Crippen LogP contribution < -0.4 is 0 Å². The van der Waals surface area contributed by atoms with Crippen LogP contribution in [0.25, 0.3) is 118 Å². The normalized spacial score (nSPS) is 12.1. The third-order valence-corrected chi connectivity index (χ3v) is 13.9. The van der Waals surface area contributed by atoms with E-state index in [1.165, 1.54) is 51.1 Å². The molecule has 0 saturated carbocycles. The quantitative estimate of drug-likeness (QED) is 0.179. The monoisotopic (exact) mass is 775 g/mol. The number of thiophene rings is 2. The summed E-state index contributed by atoms with van der Waals surface area (Å²) < 4.78 is 9.80. The van der Waals surface area contributed by atoms with E-state index in [-0.39, 0.29) is 0 Å². The fraction of sp³-hybridized carbons (Fsp3) is 0. The molecule has 7 heteroatoms. The maximum Gasteiger partial charge on any atom is 0.161 e. The zero-order valence-corrected chi connectivity index (χ0v) is 32.4. The minimum atomic E-state index is 0.693. The van der Waals surface area contributed by atoms with Gasteiger partial charge < -0.3 is 0 Å². The van der Waals surface area contributed by atoms with Crippen LogP contribution in [0.2, 0.25) is 0 Å². The summed E-state index contributed by atoms with van der Waals surface area (Å²) in [5.74, 6) is 2.37. The largest absolute Gasteiger partial charge is 0.292 e. The Labute approximate surface area is 339 Å². The van der Waals surface area contributed by atoms with Gasteiger partial charge in [0.1, 0.15) is 11.6 Å². The summed E-state index contributed by atoms with van der Waals surface area (Å²) in [5, 5.41) is 9.70. The number of hydrogen-bond acceptors (Lipinski definition) is 5. The van der Waals surface area contributed by atoms with E-state index >= 15 is 0 Å². The van der Waals surface area contributed by atoms with Crippen LogP contribution in [-0.4, -0.2) is 24.1 Å². The van der Waals surface area contributed by atoms with Crippen molar-refractivity contribution < 1.29 is 0 Å². The average molecular weight is 776 g/mol. The molecule has 13 aromatic rings. The van der Waals surface area contributed by atoms with Gasteiger partial charge in [-0.25, -0.2) is 15.0 Å².